The molecule has 0 saturated heterocycles. The van der Waals surface area contributed by atoms with Gasteiger partial charge in [-0.2, -0.15) is 0 Å². The van der Waals surface area contributed by atoms with Gasteiger partial charge in [-0.15, -0.1) is 11.8 Å². The van der Waals surface area contributed by atoms with Crippen LogP contribution in [0.2, 0.25) is 5.02 Å². The molecule has 2 atom stereocenters. The Morgan fingerprint density at radius 3 is 2.64 bits per heavy atom. The molecule has 0 bridgehead atoms. The average Bonchev–Trinajstić information content (AvgIpc) is 2.84. The third-order valence-corrected chi connectivity index (χ3v) is 5.27. The molecule has 0 unspecified atom stereocenters. The van der Waals surface area contributed by atoms with Crippen LogP contribution in [0.3, 0.4) is 0 Å². The van der Waals surface area contributed by atoms with Crippen LogP contribution in [-0.2, 0) is 11.2 Å². The molecule has 0 aromatic heterocycles. The number of carbonyl (C=O) groups excluding carboxylic acids is 1. The van der Waals surface area contributed by atoms with Crippen LogP contribution in [0.4, 0.5) is 5.69 Å². The summed E-state index contributed by atoms with van der Waals surface area (Å²) >= 11 is 7.48. The molecule has 2 aromatic carbocycles. The van der Waals surface area contributed by atoms with Crippen LogP contribution < -0.4 is 4.90 Å². The molecule has 0 N–H and O–H groups in total. The lowest BCUT2D eigenvalue weighted by atomic mass is 10.1. The van der Waals surface area contributed by atoms with Crippen molar-refractivity contribution in [2.45, 2.75) is 36.5 Å². The normalized spacial score (nSPS) is 18.1. The summed E-state index contributed by atoms with van der Waals surface area (Å²) in [4.78, 5) is 15.9. The number of amides is 1. The zero-order valence-corrected chi connectivity index (χ0v) is 14.2. The quantitative estimate of drug-likeness (QED) is 0.753. The Kier molecular flexibility index (Phi) is 4.46. The number of anilines is 1. The highest BCUT2D eigenvalue weighted by Gasteiger charge is 2.33. The monoisotopic (exact) mass is 331 g/mol. The lowest BCUT2D eigenvalue weighted by molar-refractivity contribution is -0.118. The largest absolute Gasteiger partial charge is 0.308 e. The first-order chi connectivity index (χ1) is 10.6. The number of benzene rings is 2. The van der Waals surface area contributed by atoms with Gasteiger partial charge < -0.3 is 4.90 Å². The summed E-state index contributed by atoms with van der Waals surface area (Å²) in [6.45, 7) is 4.08. The number of hydrogen-bond donors (Lipinski definition) is 0. The topological polar surface area (TPSA) is 20.3 Å². The predicted octanol–water partition coefficient (Wildman–Crippen LogP) is 4.80. The molecule has 114 valence electrons. The Morgan fingerprint density at radius 2 is 1.91 bits per heavy atom. The molecule has 1 heterocycles. The molecule has 0 radical (unpaired) electrons. The van der Waals surface area contributed by atoms with Crippen molar-refractivity contribution < 1.29 is 4.79 Å². The summed E-state index contributed by atoms with van der Waals surface area (Å²) < 4.78 is 0. The molecule has 1 aliphatic rings. The van der Waals surface area contributed by atoms with Gasteiger partial charge >= 0.3 is 0 Å². The van der Waals surface area contributed by atoms with Gasteiger partial charge in [-0.25, -0.2) is 0 Å². The third-order valence-electron chi connectivity index (χ3n) is 3.92. The molecular formula is C18H18ClNOS. The van der Waals surface area contributed by atoms with Crippen molar-refractivity contribution in [3.8, 4) is 0 Å². The van der Waals surface area contributed by atoms with Gasteiger partial charge in [-0.1, -0.05) is 29.8 Å². The number of hydrogen-bond acceptors (Lipinski definition) is 2. The van der Waals surface area contributed by atoms with Crippen LogP contribution in [0.25, 0.3) is 0 Å². The van der Waals surface area contributed by atoms with Crippen LogP contribution in [0.1, 0.15) is 19.4 Å². The highest BCUT2D eigenvalue weighted by molar-refractivity contribution is 8.00. The Hall–Kier alpha value is -1.45. The van der Waals surface area contributed by atoms with Gasteiger partial charge in [-0.3, -0.25) is 4.79 Å². The van der Waals surface area contributed by atoms with E-state index in [1.54, 1.807) is 11.8 Å². The molecule has 22 heavy (non-hydrogen) atoms. The van der Waals surface area contributed by atoms with Gasteiger partial charge in [0.2, 0.25) is 5.91 Å². The minimum absolute atomic E-state index is 0.130. The zero-order valence-electron chi connectivity index (χ0n) is 12.6. The second-order valence-corrected chi connectivity index (χ2v) is 7.45. The van der Waals surface area contributed by atoms with Gasteiger partial charge in [0, 0.05) is 21.6 Å². The van der Waals surface area contributed by atoms with E-state index in [9.17, 15) is 4.79 Å². The van der Waals surface area contributed by atoms with E-state index in [2.05, 4.69) is 13.0 Å². The number of carbonyl (C=O) groups is 1. The standard InChI is InChI=1S/C18H18ClNOS/c1-12-11-14-5-3-4-6-17(14)20(12)18(21)13(2)22-16-9-7-15(19)8-10-16/h3-10,12-13H,11H2,1-2H3/t12-,13-/m0/s1. The van der Waals surface area contributed by atoms with E-state index in [0.717, 1.165) is 17.0 Å². The average molecular weight is 332 g/mol. The van der Waals surface area contributed by atoms with Crippen molar-refractivity contribution in [2.24, 2.45) is 0 Å². The minimum atomic E-state index is -0.130. The Morgan fingerprint density at radius 1 is 1.23 bits per heavy atom. The van der Waals surface area contributed by atoms with Crippen molar-refractivity contribution in [1.29, 1.82) is 0 Å². The molecule has 2 nitrogen and oxygen atoms in total. The molecule has 0 fully saturated rings. The van der Waals surface area contributed by atoms with Crippen LogP contribution in [-0.4, -0.2) is 17.2 Å². The summed E-state index contributed by atoms with van der Waals surface area (Å²) in [6.07, 6.45) is 0.931. The number of rotatable bonds is 3. The number of para-hydroxylation sites is 1. The van der Waals surface area contributed by atoms with Gasteiger partial charge in [-0.05, 0) is 56.2 Å². The fourth-order valence-corrected chi connectivity index (χ4v) is 3.91. The second kappa shape index (κ2) is 6.35. The van der Waals surface area contributed by atoms with Gasteiger partial charge in [0.15, 0.2) is 0 Å². The van der Waals surface area contributed by atoms with Crippen molar-refractivity contribution >= 4 is 35.0 Å². The second-order valence-electron chi connectivity index (χ2n) is 5.60. The number of nitrogens with zero attached hydrogens (tertiary/aromatic N) is 1. The van der Waals surface area contributed by atoms with Crippen molar-refractivity contribution in [3.05, 3.63) is 59.1 Å². The number of halogens is 1. The van der Waals surface area contributed by atoms with E-state index in [4.69, 9.17) is 11.6 Å². The first-order valence-electron chi connectivity index (χ1n) is 7.39. The summed E-state index contributed by atoms with van der Waals surface area (Å²) in [7, 11) is 0. The summed E-state index contributed by atoms with van der Waals surface area (Å²) in [5.74, 6) is 0.164. The number of thioether (sulfide) groups is 1. The maximum atomic E-state index is 12.9. The molecule has 1 aliphatic heterocycles. The SMILES string of the molecule is C[C@H](Sc1ccc(Cl)cc1)C(=O)N1c2ccccc2C[C@@H]1C. The van der Waals surface area contributed by atoms with Crippen molar-refractivity contribution in [1.82, 2.24) is 0 Å². The summed E-state index contributed by atoms with van der Waals surface area (Å²) in [5, 5.41) is 0.584. The summed E-state index contributed by atoms with van der Waals surface area (Å²) in [6, 6.07) is 16.0. The van der Waals surface area contributed by atoms with Gasteiger partial charge in [0.05, 0.1) is 5.25 Å². The Bertz CT molecular complexity index is 686. The summed E-state index contributed by atoms with van der Waals surface area (Å²) in [5.41, 5.74) is 2.32. The first-order valence-corrected chi connectivity index (χ1v) is 8.65. The Labute approximate surface area is 140 Å². The van der Waals surface area contributed by atoms with E-state index < -0.39 is 0 Å². The fraction of sp³-hybridized carbons (Fsp3) is 0.278. The van der Waals surface area contributed by atoms with E-state index in [0.29, 0.717) is 5.02 Å². The van der Waals surface area contributed by atoms with E-state index in [1.165, 1.54) is 5.56 Å². The van der Waals surface area contributed by atoms with Gasteiger partial charge in [0.1, 0.15) is 0 Å². The lowest BCUT2D eigenvalue weighted by Crippen LogP contribution is -2.40. The predicted molar refractivity (Wildman–Crippen MR) is 93.9 cm³/mol. The van der Waals surface area contributed by atoms with Crippen molar-refractivity contribution in [3.63, 3.8) is 0 Å². The highest BCUT2D eigenvalue weighted by atomic mass is 35.5. The molecule has 3 rings (SSSR count). The van der Waals surface area contributed by atoms with Gasteiger partial charge in [0.25, 0.3) is 0 Å². The zero-order chi connectivity index (χ0) is 15.7. The van der Waals surface area contributed by atoms with Crippen LogP contribution in [0, 0.1) is 0 Å². The van der Waals surface area contributed by atoms with Crippen LogP contribution >= 0.6 is 23.4 Å². The lowest BCUT2D eigenvalue weighted by Gasteiger charge is -2.25. The number of fused-ring (bicyclic) bond motifs is 1. The molecule has 0 spiro atoms. The first kappa shape index (κ1) is 15.4. The minimum Gasteiger partial charge on any atom is -0.308 e. The maximum Gasteiger partial charge on any atom is 0.240 e. The highest BCUT2D eigenvalue weighted by Crippen LogP contribution is 2.34. The Balaban J connectivity index is 1.77. The molecule has 1 amide bonds. The maximum absolute atomic E-state index is 12.9. The molecule has 0 aliphatic carbocycles. The fourth-order valence-electron chi connectivity index (χ4n) is 2.86. The smallest absolute Gasteiger partial charge is 0.240 e. The van der Waals surface area contributed by atoms with E-state index in [-0.39, 0.29) is 17.2 Å². The van der Waals surface area contributed by atoms with E-state index in [1.807, 2.05) is 54.3 Å². The van der Waals surface area contributed by atoms with Crippen LogP contribution in [0.15, 0.2) is 53.4 Å². The molecule has 0 saturated carbocycles. The molecule has 4 heteroatoms. The molecular weight excluding hydrogens is 314 g/mol. The molecule has 2 aromatic rings. The van der Waals surface area contributed by atoms with Crippen molar-refractivity contribution in [2.75, 3.05) is 4.90 Å². The van der Waals surface area contributed by atoms with Crippen LogP contribution in [0.5, 0.6) is 0 Å². The third kappa shape index (κ3) is 3.01. The van der Waals surface area contributed by atoms with E-state index >= 15 is 0 Å².